The van der Waals surface area contributed by atoms with Crippen LogP contribution in [0.3, 0.4) is 0 Å². The van der Waals surface area contributed by atoms with Crippen LogP contribution in [0.25, 0.3) is 11.6 Å². The Balaban J connectivity index is 2.35. The Hall–Kier alpha value is -3.80. The molecule has 0 saturated heterocycles. The van der Waals surface area contributed by atoms with Gasteiger partial charge < -0.3 is 10.2 Å². The summed E-state index contributed by atoms with van der Waals surface area (Å²) in [4.78, 5) is 32.9. The summed E-state index contributed by atoms with van der Waals surface area (Å²) in [6, 6.07) is 18.7. The summed E-state index contributed by atoms with van der Waals surface area (Å²) in [5, 5.41) is 19.9. The maximum Gasteiger partial charge on any atom is 0.319 e. The zero-order chi connectivity index (χ0) is 20.0. The zero-order valence-electron chi connectivity index (χ0n) is 14.9. The Morgan fingerprint density at radius 1 is 0.857 bits per heavy atom. The first-order valence-electron chi connectivity index (χ1n) is 8.59. The molecule has 2 N–H and O–H groups in total. The lowest BCUT2D eigenvalue weighted by Gasteiger charge is -2.31. The predicted octanol–water partition coefficient (Wildman–Crippen LogP) is 3.51. The highest BCUT2D eigenvalue weighted by molar-refractivity contribution is 6.05. The predicted molar refractivity (Wildman–Crippen MR) is 104 cm³/mol. The van der Waals surface area contributed by atoms with Crippen molar-refractivity contribution in [3.8, 4) is 0 Å². The van der Waals surface area contributed by atoms with Crippen LogP contribution in [0.1, 0.15) is 23.4 Å². The standard InChI is InChI=1S/C22H18N2O4/c25-20(26)15-22(21(27)28,16-8-2-1-3-9-16)18(19-11-5-7-13-24-19)14-17-10-4-6-12-23-17/h1-14H,15H2,(H,25,26)(H,27,28). The quantitative estimate of drug-likeness (QED) is 0.656. The molecule has 3 aromatic rings. The Bertz CT molecular complexity index is 989. The summed E-state index contributed by atoms with van der Waals surface area (Å²) in [5.41, 5.74) is -0.333. The molecule has 6 nitrogen and oxygen atoms in total. The second kappa shape index (κ2) is 8.26. The highest BCUT2D eigenvalue weighted by Gasteiger charge is 2.47. The number of aromatic nitrogens is 2. The molecule has 0 saturated carbocycles. The van der Waals surface area contributed by atoms with Crippen LogP contribution in [0.5, 0.6) is 0 Å². The van der Waals surface area contributed by atoms with Crippen LogP contribution >= 0.6 is 0 Å². The van der Waals surface area contributed by atoms with Crippen molar-refractivity contribution in [2.75, 3.05) is 0 Å². The first kappa shape index (κ1) is 19.0. The van der Waals surface area contributed by atoms with E-state index < -0.39 is 23.8 Å². The van der Waals surface area contributed by atoms with E-state index in [0.717, 1.165) is 0 Å². The molecule has 0 amide bonds. The SMILES string of the molecule is O=C(O)CC(C(=O)O)(C(=Cc1ccccn1)c1ccccn1)c1ccccc1. The number of hydrogen-bond donors (Lipinski definition) is 2. The van der Waals surface area contributed by atoms with E-state index in [1.165, 1.54) is 0 Å². The fourth-order valence-electron chi connectivity index (χ4n) is 3.16. The van der Waals surface area contributed by atoms with Gasteiger partial charge in [-0.15, -0.1) is 0 Å². The average Bonchev–Trinajstić information content (AvgIpc) is 2.72. The minimum atomic E-state index is -1.83. The Morgan fingerprint density at radius 3 is 2.04 bits per heavy atom. The lowest BCUT2D eigenvalue weighted by Crippen LogP contribution is -2.39. The van der Waals surface area contributed by atoms with Gasteiger partial charge >= 0.3 is 11.9 Å². The Morgan fingerprint density at radius 2 is 1.50 bits per heavy atom. The third-order valence-electron chi connectivity index (χ3n) is 4.43. The van der Waals surface area contributed by atoms with Crippen molar-refractivity contribution in [2.24, 2.45) is 0 Å². The number of rotatable bonds is 7. The van der Waals surface area contributed by atoms with Gasteiger partial charge in [-0.05, 0) is 35.9 Å². The van der Waals surface area contributed by atoms with Crippen LogP contribution in [-0.2, 0) is 15.0 Å². The summed E-state index contributed by atoms with van der Waals surface area (Å²) in [5.74, 6) is -2.50. The largest absolute Gasteiger partial charge is 0.481 e. The average molecular weight is 374 g/mol. The van der Waals surface area contributed by atoms with Gasteiger partial charge in [-0.25, -0.2) is 0 Å². The number of carboxylic acids is 2. The van der Waals surface area contributed by atoms with Gasteiger partial charge in [0.1, 0.15) is 5.41 Å². The molecule has 1 atom stereocenters. The molecule has 2 heterocycles. The van der Waals surface area contributed by atoms with Crippen molar-refractivity contribution in [1.29, 1.82) is 0 Å². The highest BCUT2D eigenvalue weighted by atomic mass is 16.4. The van der Waals surface area contributed by atoms with Crippen molar-refractivity contribution in [3.63, 3.8) is 0 Å². The minimum Gasteiger partial charge on any atom is -0.481 e. The van der Waals surface area contributed by atoms with E-state index in [0.29, 0.717) is 17.0 Å². The van der Waals surface area contributed by atoms with E-state index in [9.17, 15) is 19.8 Å². The summed E-state index contributed by atoms with van der Waals surface area (Å²) in [6.07, 6.45) is 4.08. The molecule has 0 bridgehead atoms. The third-order valence-corrected chi connectivity index (χ3v) is 4.43. The molecule has 0 spiro atoms. The van der Waals surface area contributed by atoms with Crippen LogP contribution < -0.4 is 0 Å². The minimum absolute atomic E-state index is 0.257. The zero-order valence-corrected chi connectivity index (χ0v) is 14.9. The second-order valence-electron chi connectivity index (χ2n) is 6.17. The van der Waals surface area contributed by atoms with Crippen LogP contribution in [0, 0.1) is 0 Å². The van der Waals surface area contributed by atoms with Crippen LogP contribution in [0.2, 0.25) is 0 Å². The number of aliphatic carboxylic acids is 2. The number of carboxylic acid groups (broad SMARTS) is 2. The van der Waals surface area contributed by atoms with Gasteiger partial charge in [-0.3, -0.25) is 19.6 Å². The monoisotopic (exact) mass is 374 g/mol. The van der Waals surface area contributed by atoms with Crippen molar-refractivity contribution in [1.82, 2.24) is 9.97 Å². The van der Waals surface area contributed by atoms with E-state index in [-0.39, 0.29) is 5.57 Å². The molecule has 140 valence electrons. The third kappa shape index (κ3) is 3.81. The molecule has 0 radical (unpaired) electrons. The van der Waals surface area contributed by atoms with Gasteiger partial charge in [0.25, 0.3) is 0 Å². The molecular formula is C22H18N2O4. The molecule has 0 fully saturated rings. The van der Waals surface area contributed by atoms with Crippen molar-refractivity contribution >= 4 is 23.6 Å². The van der Waals surface area contributed by atoms with Gasteiger partial charge in [-0.1, -0.05) is 42.5 Å². The van der Waals surface area contributed by atoms with Gasteiger partial charge in [-0.2, -0.15) is 0 Å². The van der Waals surface area contributed by atoms with Crippen molar-refractivity contribution in [3.05, 3.63) is 96.1 Å². The second-order valence-corrected chi connectivity index (χ2v) is 6.17. The number of benzene rings is 1. The first-order chi connectivity index (χ1) is 13.5. The Kier molecular flexibility index (Phi) is 5.60. The fraction of sp³-hybridized carbons (Fsp3) is 0.0909. The van der Waals surface area contributed by atoms with Crippen molar-refractivity contribution in [2.45, 2.75) is 11.8 Å². The van der Waals surface area contributed by atoms with E-state index in [1.807, 2.05) is 0 Å². The molecule has 0 aliphatic heterocycles. The lowest BCUT2D eigenvalue weighted by molar-refractivity contribution is -0.148. The molecule has 28 heavy (non-hydrogen) atoms. The van der Waals surface area contributed by atoms with E-state index >= 15 is 0 Å². The van der Waals surface area contributed by atoms with E-state index in [2.05, 4.69) is 9.97 Å². The number of nitrogens with zero attached hydrogens (tertiary/aromatic N) is 2. The van der Waals surface area contributed by atoms with Gasteiger partial charge in [0.05, 0.1) is 17.8 Å². The summed E-state index contributed by atoms with van der Waals surface area (Å²) < 4.78 is 0. The number of hydrogen-bond acceptors (Lipinski definition) is 4. The highest BCUT2D eigenvalue weighted by Crippen LogP contribution is 2.42. The molecule has 6 heteroatoms. The molecular weight excluding hydrogens is 356 g/mol. The topological polar surface area (TPSA) is 100 Å². The fourth-order valence-corrected chi connectivity index (χ4v) is 3.16. The van der Waals surface area contributed by atoms with Crippen LogP contribution in [0.4, 0.5) is 0 Å². The lowest BCUT2D eigenvalue weighted by atomic mass is 9.70. The smallest absolute Gasteiger partial charge is 0.319 e. The van der Waals surface area contributed by atoms with Crippen molar-refractivity contribution < 1.29 is 19.8 Å². The van der Waals surface area contributed by atoms with Gasteiger partial charge in [0.2, 0.25) is 0 Å². The summed E-state index contributed by atoms with van der Waals surface area (Å²) >= 11 is 0. The molecule has 2 aromatic heterocycles. The van der Waals surface area contributed by atoms with Gasteiger partial charge in [0, 0.05) is 18.0 Å². The molecule has 3 rings (SSSR count). The molecule has 0 aliphatic rings. The van der Waals surface area contributed by atoms with Crippen LogP contribution in [-0.4, -0.2) is 32.1 Å². The molecule has 1 unspecified atom stereocenters. The number of carbonyl (C=O) groups is 2. The first-order valence-corrected chi connectivity index (χ1v) is 8.59. The summed E-state index contributed by atoms with van der Waals surface area (Å²) in [7, 11) is 0. The van der Waals surface area contributed by atoms with E-state index in [4.69, 9.17) is 0 Å². The normalized spacial score (nSPS) is 13.5. The maximum absolute atomic E-state index is 12.6. The maximum atomic E-state index is 12.6. The van der Waals surface area contributed by atoms with E-state index in [1.54, 1.807) is 85.2 Å². The van der Waals surface area contributed by atoms with Gasteiger partial charge in [0.15, 0.2) is 0 Å². The molecule has 1 aromatic carbocycles. The Labute approximate surface area is 161 Å². The molecule has 0 aliphatic carbocycles. The number of pyridine rings is 2. The van der Waals surface area contributed by atoms with Crippen LogP contribution in [0.15, 0.2) is 79.1 Å². The summed E-state index contributed by atoms with van der Waals surface area (Å²) in [6.45, 7) is 0.